The Morgan fingerprint density at radius 3 is 2.48 bits per heavy atom. The lowest BCUT2D eigenvalue weighted by atomic mass is 10.0. The molecule has 0 spiro atoms. The van der Waals surface area contributed by atoms with Crippen molar-refractivity contribution in [2.75, 3.05) is 19.0 Å². The van der Waals surface area contributed by atoms with Crippen LogP contribution in [0.4, 0.5) is 5.82 Å². The van der Waals surface area contributed by atoms with Crippen LogP contribution >= 0.6 is 0 Å². The van der Waals surface area contributed by atoms with Crippen molar-refractivity contribution in [3.63, 3.8) is 0 Å². The van der Waals surface area contributed by atoms with Crippen LogP contribution in [-0.4, -0.2) is 23.7 Å². The van der Waals surface area contributed by atoms with Crippen molar-refractivity contribution in [3.8, 4) is 40.0 Å². The molecular formula is C24H25N3O2. The molecule has 1 heterocycles. The number of hydrogen-bond acceptors (Lipinski definition) is 5. The zero-order valence-electron chi connectivity index (χ0n) is 16.9. The number of rotatable bonds is 7. The average molecular weight is 387 g/mol. The Kier molecular flexibility index (Phi) is 6.36. The first-order valence-corrected chi connectivity index (χ1v) is 9.64. The van der Waals surface area contributed by atoms with Gasteiger partial charge in [0.2, 0.25) is 0 Å². The van der Waals surface area contributed by atoms with E-state index in [1.165, 1.54) is 0 Å². The number of hydrogen-bond donors (Lipinski definition) is 2. The Bertz CT molecular complexity index is 1020. The zero-order chi connectivity index (χ0) is 20.8. The number of ether oxygens (including phenoxy) is 1. The third-order valence-electron chi connectivity index (χ3n) is 4.68. The number of nitrogens with zero attached hydrogens (tertiary/aromatic N) is 2. The summed E-state index contributed by atoms with van der Waals surface area (Å²) in [5.74, 6) is 2.12. The van der Waals surface area contributed by atoms with Crippen molar-refractivity contribution >= 4 is 5.82 Å². The van der Waals surface area contributed by atoms with Gasteiger partial charge >= 0.3 is 0 Å². The van der Waals surface area contributed by atoms with Gasteiger partial charge in [0.05, 0.1) is 24.4 Å². The summed E-state index contributed by atoms with van der Waals surface area (Å²) in [6.07, 6.45) is 1.03. The number of phenols is 1. The molecule has 2 N–H and O–H groups in total. The maximum Gasteiger partial charge on any atom is 0.127 e. The van der Waals surface area contributed by atoms with Crippen LogP contribution in [-0.2, 0) is 0 Å². The lowest BCUT2D eigenvalue weighted by Crippen LogP contribution is -2.06. The van der Waals surface area contributed by atoms with Gasteiger partial charge in [-0.05, 0) is 65.9 Å². The Morgan fingerprint density at radius 1 is 1.07 bits per heavy atom. The Morgan fingerprint density at radius 2 is 1.83 bits per heavy atom. The van der Waals surface area contributed by atoms with E-state index in [9.17, 15) is 5.11 Å². The number of pyridine rings is 1. The summed E-state index contributed by atoms with van der Waals surface area (Å²) >= 11 is 0. The lowest BCUT2D eigenvalue weighted by molar-refractivity contribution is 0.412. The molecule has 29 heavy (non-hydrogen) atoms. The van der Waals surface area contributed by atoms with Gasteiger partial charge in [-0.2, -0.15) is 5.26 Å². The molecule has 0 fully saturated rings. The molecule has 5 heteroatoms. The number of benzene rings is 2. The number of phenolic OH excluding ortho intramolecular Hbond substituents is 1. The average Bonchev–Trinajstić information content (AvgIpc) is 2.73. The highest BCUT2D eigenvalue weighted by molar-refractivity contribution is 5.77. The van der Waals surface area contributed by atoms with E-state index in [-0.39, 0.29) is 5.75 Å². The first-order chi connectivity index (χ1) is 14.0. The van der Waals surface area contributed by atoms with Crippen molar-refractivity contribution in [3.05, 3.63) is 60.2 Å². The van der Waals surface area contributed by atoms with Gasteiger partial charge in [0.25, 0.3) is 0 Å². The van der Waals surface area contributed by atoms with Crippen LogP contribution in [0.3, 0.4) is 0 Å². The summed E-state index contributed by atoms with van der Waals surface area (Å²) in [7, 11) is 1.59. The molecule has 0 aliphatic heterocycles. The standard InChI is InChI=1S/C24H25N3O2/c1-16(2)10-11-26-24-13-19(18-6-4-17(15-25)5-7-18)12-22(27-24)21-14-20(29-3)8-9-23(21)28/h4-9,12-14,16,28H,10-11H2,1-3H3,(H,26,27). The van der Waals surface area contributed by atoms with Crippen molar-refractivity contribution in [1.82, 2.24) is 4.98 Å². The van der Waals surface area contributed by atoms with Crippen LogP contribution in [0, 0.1) is 17.2 Å². The molecule has 0 radical (unpaired) electrons. The van der Waals surface area contributed by atoms with Crippen molar-refractivity contribution in [1.29, 1.82) is 5.26 Å². The van der Waals surface area contributed by atoms with Crippen LogP contribution in [0.1, 0.15) is 25.8 Å². The minimum Gasteiger partial charge on any atom is -0.507 e. The second kappa shape index (κ2) is 9.11. The number of aromatic hydroxyl groups is 1. The predicted octanol–water partition coefficient (Wildman–Crippen LogP) is 5.46. The molecule has 0 saturated heterocycles. The summed E-state index contributed by atoms with van der Waals surface area (Å²) < 4.78 is 5.31. The molecule has 148 valence electrons. The number of aromatic nitrogens is 1. The van der Waals surface area contributed by atoms with E-state index in [0.717, 1.165) is 29.9 Å². The molecule has 3 rings (SSSR count). The smallest absolute Gasteiger partial charge is 0.127 e. The molecule has 0 bridgehead atoms. The first kappa shape index (κ1) is 20.2. The minimum absolute atomic E-state index is 0.142. The topological polar surface area (TPSA) is 78.2 Å². The zero-order valence-corrected chi connectivity index (χ0v) is 16.9. The molecule has 1 aromatic heterocycles. The van der Waals surface area contributed by atoms with E-state index in [0.29, 0.717) is 28.5 Å². The summed E-state index contributed by atoms with van der Waals surface area (Å²) in [4.78, 5) is 4.72. The Balaban J connectivity index is 2.06. The summed E-state index contributed by atoms with van der Waals surface area (Å²) in [5.41, 5.74) is 3.79. The number of nitriles is 1. The van der Waals surface area contributed by atoms with Gasteiger partial charge in [-0.15, -0.1) is 0 Å². The molecule has 0 unspecified atom stereocenters. The molecule has 3 aromatic rings. The summed E-state index contributed by atoms with van der Waals surface area (Å²) in [6.45, 7) is 5.18. The molecule has 0 atom stereocenters. The van der Waals surface area contributed by atoms with Gasteiger partial charge in [-0.3, -0.25) is 0 Å². The van der Waals surface area contributed by atoms with E-state index >= 15 is 0 Å². The third kappa shape index (κ3) is 5.05. The van der Waals surface area contributed by atoms with Crippen molar-refractivity contribution < 1.29 is 9.84 Å². The SMILES string of the molecule is COc1ccc(O)c(-c2cc(-c3ccc(C#N)cc3)cc(NCCC(C)C)n2)c1. The fraction of sp³-hybridized carbons (Fsp3) is 0.250. The summed E-state index contributed by atoms with van der Waals surface area (Å²) in [6, 6.07) is 18.6. The van der Waals surface area contributed by atoms with Crippen LogP contribution in [0.15, 0.2) is 54.6 Å². The maximum absolute atomic E-state index is 10.4. The van der Waals surface area contributed by atoms with E-state index < -0.39 is 0 Å². The molecule has 5 nitrogen and oxygen atoms in total. The monoisotopic (exact) mass is 387 g/mol. The van der Waals surface area contributed by atoms with Crippen molar-refractivity contribution in [2.24, 2.45) is 5.92 Å². The fourth-order valence-electron chi connectivity index (χ4n) is 3.00. The van der Waals surface area contributed by atoms with E-state index in [1.807, 2.05) is 24.3 Å². The molecule has 0 amide bonds. The quantitative estimate of drug-likeness (QED) is 0.563. The van der Waals surface area contributed by atoms with Gasteiger partial charge in [-0.25, -0.2) is 4.98 Å². The molecule has 2 aromatic carbocycles. The largest absolute Gasteiger partial charge is 0.507 e. The maximum atomic E-state index is 10.4. The van der Waals surface area contributed by atoms with E-state index in [1.54, 1.807) is 37.4 Å². The number of anilines is 1. The molecule has 0 saturated carbocycles. The normalized spacial score (nSPS) is 10.6. The van der Waals surface area contributed by atoms with E-state index in [4.69, 9.17) is 15.0 Å². The van der Waals surface area contributed by atoms with E-state index in [2.05, 4.69) is 25.2 Å². The van der Waals surface area contributed by atoms with Crippen molar-refractivity contribution in [2.45, 2.75) is 20.3 Å². The lowest BCUT2D eigenvalue weighted by Gasteiger charge is -2.13. The van der Waals surface area contributed by atoms with Crippen LogP contribution in [0.5, 0.6) is 11.5 Å². The molecule has 0 aliphatic rings. The number of nitrogens with one attached hydrogen (secondary N) is 1. The van der Waals surface area contributed by atoms with Gasteiger partial charge in [0.1, 0.15) is 17.3 Å². The Hall–Kier alpha value is -3.52. The van der Waals surface area contributed by atoms with Gasteiger partial charge in [0.15, 0.2) is 0 Å². The first-order valence-electron chi connectivity index (χ1n) is 9.64. The van der Waals surface area contributed by atoms with Crippen LogP contribution in [0.25, 0.3) is 22.4 Å². The molecule has 0 aliphatic carbocycles. The Labute approximate surface area is 171 Å². The fourth-order valence-corrected chi connectivity index (χ4v) is 3.00. The third-order valence-corrected chi connectivity index (χ3v) is 4.68. The highest BCUT2D eigenvalue weighted by Gasteiger charge is 2.12. The van der Waals surface area contributed by atoms with Crippen LogP contribution in [0.2, 0.25) is 0 Å². The molecular weight excluding hydrogens is 362 g/mol. The van der Waals surface area contributed by atoms with Crippen LogP contribution < -0.4 is 10.1 Å². The van der Waals surface area contributed by atoms with Gasteiger partial charge in [-0.1, -0.05) is 26.0 Å². The van der Waals surface area contributed by atoms with Gasteiger partial charge < -0.3 is 15.2 Å². The highest BCUT2D eigenvalue weighted by Crippen LogP contribution is 2.35. The predicted molar refractivity (Wildman–Crippen MR) is 116 cm³/mol. The second-order valence-corrected chi connectivity index (χ2v) is 7.31. The second-order valence-electron chi connectivity index (χ2n) is 7.31. The van der Waals surface area contributed by atoms with Gasteiger partial charge in [0, 0.05) is 12.1 Å². The summed E-state index contributed by atoms with van der Waals surface area (Å²) in [5, 5.41) is 22.8. The minimum atomic E-state index is 0.142. The number of methoxy groups -OCH3 is 1. The highest BCUT2D eigenvalue weighted by atomic mass is 16.5.